The molecule has 0 amide bonds. The molecule has 7 heteroatoms. The molecule has 2 saturated heterocycles. The summed E-state index contributed by atoms with van der Waals surface area (Å²) in [5.74, 6) is 1.08. The van der Waals surface area contributed by atoms with Crippen LogP contribution in [-0.2, 0) is 0 Å². The van der Waals surface area contributed by atoms with E-state index in [0.29, 0.717) is 11.2 Å². The molecule has 1 aromatic rings. The largest absolute Gasteiger partial charge is 0.368 e. The molecule has 6 nitrogen and oxygen atoms in total. The Morgan fingerprint density at radius 3 is 2.62 bits per heavy atom. The van der Waals surface area contributed by atoms with Gasteiger partial charge in [-0.15, -0.1) is 0 Å². The third-order valence-electron chi connectivity index (χ3n) is 4.45. The number of hydrogen-bond donors (Lipinski definition) is 1. The fraction of sp³-hybridized carbons (Fsp3) is 0.714. The van der Waals surface area contributed by atoms with Crippen molar-refractivity contribution in [3.63, 3.8) is 0 Å². The number of likely N-dealkylation sites (tertiary alicyclic amines) is 1. The average molecular weight is 311 g/mol. The second kappa shape index (κ2) is 6.34. The van der Waals surface area contributed by atoms with Crippen LogP contribution in [0, 0.1) is 0 Å². The van der Waals surface area contributed by atoms with Gasteiger partial charge in [0.2, 0.25) is 5.95 Å². The minimum Gasteiger partial charge on any atom is -0.368 e. The summed E-state index contributed by atoms with van der Waals surface area (Å²) in [6, 6.07) is 2.49. The highest BCUT2D eigenvalue weighted by Gasteiger charge is 2.27. The zero-order valence-electron chi connectivity index (χ0n) is 12.5. The summed E-state index contributed by atoms with van der Waals surface area (Å²) in [6.45, 7) is 6.49. The molecule has 0 aliphatic carbocycles. The van der Waals surface area contributed by atoms with Gasteiger partial charge in [0.25, 0.3) is 0 Å². The first-order valence-electron chi connectivity index (χ1n) is 7.59. The van der Waals surface area contributed by atoms with Crippen molar-refractivity contribution in [2.45, 2.75) is 18.9 Å². The van der Waals surface area contributed by atoms with E-state index >= 15 is 0 Å². The lowest BCUT2D eigenvalue weighted by Crippen LogP contribution is -2.54. The Morgan fingerprint density at radius 2 is 1.95 bits per heavy atom. The van der Waals surface area contributed by atoms with Gasteiger partial charge in [0.15, 0.2) is 0 Å². The predicted molar refractivity (Wildman–Crippen MR) is 85.8 cm³/mol. The Labute approximate surface area is 130 Å². The lowest BCUT2D eigenvalue weighted by Gasteiger charge is -2.43. The van der Waals surface area contributed by atoms with Gasteiger partial charge in [-0.05, 0) is 26.4 Å². The molecule has 1 atom stereocenters. The van der Waals surface area contributed by atoms with Gasteiger partial charge in [0.05, 0.1) is 0 Å². The first kappa shape index (κ1) is 14.8. The summed E-state index contributed by atoms with van der Waals surface area (Å²) in [6.07, 6.45) is 2.62. The molecular weight excluding hydrogens is 288 g/mol. The third kappa shape index (κ3) is 3.56. The Balaban J connectivity index is 1.59. The Bertz CT molecular complexity index is 468. The molecule has 3 rings (SSSR count). The van der Waals surface area contributed by atoms with Crippen molar-refractivity contribution in [1.82, 2.24) is 19.8 Å². The summed E-state index contributed by atoms with van der Waals surface area (Å²) in [7, 11) is 2.22. The molecule has 0 spiro atoms. The number of nitrogens with zero attached hydrogens (tertiary/aromatic N) is 5. The fourth-order valence-electron chi connectivity index (χ4n) is 3.34. The zero-order valence-corrected chi connectivity index (χ0v) is 13.3. The van der Waals surface area contributed by atoms with Gasteiger partial charge in [-0.2, -0.15) is 4.98 Å². The highest BCUT2D eigenvalue weighted by Crippen LogP contribution is 2.21. The number of hydrogen-bond acceptors (Lipinski definition) is 6. The number of likely N-dealkylation sites (N-methyl/N-ethyl adjacent to an activating group) is 1. The fourth-order valence-corrected chi connectivity index (χ4v) is 3.52. The maximum atomic E-state index is 5.96. The Hall–Kier alpha value is -1.11. The lowest BCUT2D eigenvalue weighted by atomic mass is 10.0. The van der Waals surface area contributed by atoms with E-state index in [4.69, 9.17) is 17.3 Å². The number of nitrogens with two attached hydrogens (primary N) is 1. The molecule has 3 heterocycles. The number of rotatable bonds is 2. The van der Waals surface area contributed by atoms with E-state index < -0.39 is 0 Å². The van der Waals surface area contributed by atoms with Gasteiger partial charge in [0, 0.05) is 44.8 Å². The predicted octanol–water partition coefficient (Wildman–Crippen LogP) is 0.928. The smallest absolute Gasteiger partial charge is 0.223 e. The van der Waals surface area contributed by atoms with Crippen LogP contribution in [0.4, 0.5) is 11.8 Å². The molecule has 21 heavy (non-hydrogen) atoms. The maximum absolute atomic E-state index is 5.96. The normalized spacial score (nSPS) is 25.2. The molecule has 116 valence electrons. The number of piperazine rings is 1. The van der Waals surface area contributed by atoms with Gasteiger partial charge in [-0.3, -0.25) is 4.90 Å². The first-order chi connectivity index (χ1) is 10.1. The van der Waals surface area contributed by atoms with Crippen molar-refractivity contribution in [3.8, 4) is 0 Å². The molecule has 2 aliphatic heterocycles. The molecule has 0 radical (unpaired) electrons. The highest BCUT2D eigenvalue weighted by molar-refractivity contribution is 6.29. The number of anilines is 2. The van der Waals surface area contributed by atoms with E-state index in [-0.39, 0.29) is 5.95 Å². The van der Waals surface area contributed by atoms with Crippen LogP contribution in [-0.4, -0.2) is 72.1 Å². The second-order valence-corrected chi connectivity index (χ2v) is 6.38. The van der Waals surface area contributed by atoms with E-state index in [9.17, 15) is 0 Å². The van der Waals surface area contributed by atoms with Crippen LogP contribution in [0.2, 0.25) is 5.15 Å². The molecule has 0 aromatic carbocycles. The van der Waals surface area contributed by atoms with Crippen LogP contribution >= 0.6 is 11.6 Å². The summed E-state index contributed by atoms with van der Waals surface area (Å²) >= 11 is 5.96. The molecular formula is C14H23ClN6. The zero-order chi connectivity index (χ0) is 14.8. The number of halogens is 1. The van der Waals surface area contributed by atoms with Gasteiger partial charge < -0.3 is 15.5 Å². The summed E-state index contributed by atoms with van der Waals surface area (Å²) < 4.78 is 0. The monoisotopic (exact) mass is 310 g/mol. The van der Waals surface area contributed by atoms with Gasteiger partial charge in [-0.25, -0.2) is 4.98 Å². The molecule has 0 bridgehead atoms. The summed E-state index contributed by atoms with van der Waals surface area (Å²) in [5, 5.41) is 0.411. The SMILES string of the molecule is CN1CCCC(N2CCN(c3cc(Cl)nc(N)n3)CC2)C1. The van der Waals surface area contributed by atoms with Crippen molar-refractivity contribution >= 4 is 23.4 Å². The quantitative estimate of drug-likeness (QED) is 0.820. The van der Waals surface area contributed by atoms with E-state index in [1.165, 1.54) is 25.9 Å². The van der Waals surface area contributed by atoms with Crippen LogP contribution in [0.1, 0.15) is 12.8 Å². The minimum absolute atomic E-state index is 0.244. The summed E-state index contributed by atoms with van der Waals surface area (Å²) in [5.41, 5.74) is 5.68. The van der Waals surface area contributed by atoms with Crippen molar-refractivity contribution in [1.29, 1.82) is 0 Å². The van der Waals surface area contributed by atoms with Gasteiger partial charge in [-0.1, -0.05) is 11.6 Å². The van der Waals surface area contributed by atoms with Crippen LogP contribution in [0.5, 0.6) is 0 Å². The van der Waals surface area contributed by atoms with E-state index in [1.807, 2.05) is 0 Å². The maximum Gasteiger partial charge on any atom is 0.223 e. The second-order valence-electron chi connectivity index (χ2n) is 5.99. The van der Waals surface area contributed by atoms with Crippen LogP contribution < -0.4 is 10.6 Å². The Kier molecular flexibility index (Phi) is 4.47. The van der Waals surface area contributed by atoms with Crippen LogP contribution in [0.3, 0.4) is 0 Å². The van der Waals surface area contributed by atoms with Crippen LogP contribution in [0.25, 0.3) is 0 Å². The highest BCUT2D eigenvalue weighted by atomic mass is 35.5. The van der Waals surface area contributed by atoms with Gasteiger partial charge in [0.1, 0.15) is 11.0 Å². The molecule has 2 fully saturated rings. The van der Waals surface area contributed by atoms with Crippen LogP contribution in [0.15, 0.2) is 6.07 Å². The minimum atomic E-state index is 0.244. The molecule has 2 N–H and O–H groups in total. The van der Waals surface area contributed by atoms with Crippen molar-refractivity contribution < 1.29 is 0 Å². The number of nitrogen functional groups attached to an aromatic ring is 1. The summed E-state index contributed by atoms with van der Waals surface area (Å²) in [4.78, 5) is 15.5. The topological polar surface area (TPSA) is 61.5 Å². The molecule has 1 aromatic heterocycles. The lowest BCUT2D eigenvalue weighted by molar-refractivity contribution is 0.106. The third-order valence-corrected chi connectivity index (χ3v) is 4.65. The van der Waals surface area contributed by atoms with E-state index in [0.717, 1.165) is 32.0 Å². The standard InChI is InChI=1S/C14H23ClN6/c1-19-4-2-3-11(10-19)20-5-7-21(8-6-20)13-9-12(15)17-14(16)18-13/h9,11H,2-8,10H2,1H3,(H2,16,17,18). The van der Waals surface area contributed by atoms with E-state index in [1.54, 1.807) is 6.07 Å². The first-order valence-corrected chi connectivity index (χ1v) is 7.97. The van der Waals surface area contributed by atoms with E-state index in [2.05, 4.69) is 31.7 Å². The average Bonchev–Trinajstić information content (AvgIpc) is 2.46. The molecule has 1 unspecified atom stereocenters. The molecule has 2 aliphatic rings. The Morgan fingerprint density at radius 1 is 1.19 bits per heavy atom. The number of piperidine rings is 1. The number of aromatic nitrogens is 2. The molecule has 0 saturated carbocycles. The van der Waals surface area contributed by atoms with Crippen molar-refractivity contribution in [3.05, 3.63) is 11.2 Å². The van der Waals surface area contributed by atoms with Gasteiger partial charge >= 0.3 is 0 Å². The van der Waals surface area contributed by atoms with Crippen molar-refractivity contribution in [2.75, 3.05) is 56.9 Å². The van der Waals surface area contributed by atoms with Crippen molar-refractivity contribution in [2.24, 2.45) is 0 Å².